The van der Waals surface area contributed by atoms with Gasteiger partial charge in [0.1, 0.15) is 5.54 Å². The Balaban J connectivity index is 2.27. The smallest absolute Gasteiger partial charge is 0.254 e. The van der Waals surface area contributed by atoms with Crippen LogP contribution in [0.25, 0.3) is 0 Å². The van der Waals surface area contributed by atoms with E-state index in [9.17, 15) is 14.4 Å². The Morgan fingerprint density at radius 2 is 2.05 bits per heavy atom. The molecule has 2 rings (SSSR count). The van der Waals surface area contributed by atoms with Crippen molar-refractivity contribution in [2.75, 3.05) is 18.4 Å². The first-order valence-corrected chi connectivity index (χ1v) is 6.80. The second-order valence-corrected chi connectivity index (χ2v) is 5.53. The number of piperazine rings is 1. The van der Waals surface area contributed by atoms with E-state index in [2.05, 4.69) is 10.6 Å². The van der Waals surface area contributed by atoms with Gasteiger partial charge in [-0.3, -0.25) is 14.4 Å². The molecule has 2 N–H and O–H groups in total. The summed E-state index contributed by atoms with van der Waals surface area (Å²) in [5.74, 6) is -0.584. The zero-order valence-electron chi connectivity index (χ0n) is 12.4. The van der Waals surface area contributed by atoms with Crippen molar-refractivity contribution in [1.29, 1.82) is 0 Å². The first-order chi connectivity index (χ1) is 9.82. The standard InChI is InChI=1S/C15H19N3O3/c1-10(19)17-12-6-4-5-11(9-12)13(20)18-8-7-16-14(21)15(18,2)3/h4-6,9H,7-8H2,1-3H3,(H,16,21)(H,17,19). The summed E-state index contributed by atoms with van der Waals surface area (Å²) in [6.07, 6.45) is 0. The predicted molar refractivity (Wildman–Crippen MR) is 78.9 cm³/mol. The van der Waals surface area contributed by atoms with Crippen LogP contribution in [0, 0.1) is 0 Å². The van der Waals surface area contributed by atoms with Gasteiger partial charge in [-0.1, -0.05) is 6.07 Å². The molecule has 1 aliphatic heterocycles. The number of hydrogen-bond acceptors (Lipinski definition) is 3. The molecule has 1 aromatic carbocycles. The lowest BCUT2D eigenvalue weighted by Gasteiger charge is -2.41. The van der Waals surface area contributed by atoms with Crippen LogP contribution < -0.4 is 10.6 Å². The Labute approximate surface area is 123 Å². The SMILES string of the molecule is CC(=O)Nc1cccc(C(=O)N2CCNC(=O)C2(C)C)c1. The third-order valence-electron chi connectivity index (χ3n) is 3.53. The van der Waals surface area contributed by atoms with Crippen LogP contribution in [0.15, 0.2) is 24.3 Å². The van der Waals surface area contributed by atoms with E-state index in [1.54, 1.807) is 43.0 Å². The molecular formula is C15H19N3O3. The molecule has 6 nitrogen and oxygen atoms in total. The van der Waals surface area contributed by atoms with E-state index in [4.69, 9.17) is 0 Å². The van der Waals surface area contributed by atoms with Crippen molar-refractivity contribution in [2.24, 2.45) is 0 Å². The molecule has 1 aliphatic rings. The summed E-state index contributed by atoms with van der Waals surface area (Å²) in [5.41, 5.74) is 0.121. The molecule has 0 spiro atoms. The second-order valence-electron chi connectivity index (χ2n) is 5.53. The number of carbonyl (C=O) groups excluding carboxylic acids is 3. The fraction of sp³-hybridized carbons (Fsp3) is 0.400. The van der Waals surface area contributed by atoms with Crippen molar-refractivity contribution >= 4 is 23.4 Å². The molecule has 0 bridgehead atoms. The van der Waals surface area contributed by atoms with Gasteiger partial charge in [-0.05, 0) is 32.0 Å². The Morgan fingerprint density at radius 3 is 2.71 bits per heavy atom. The van der Waals surface area contributed by atoms with E-state index < -0.39 is 5.54 Å². The van der Waals surface area contributed by atoms with E-state index in [1.165, 1.54) is 6.92 Å². The molecule has 0 aliphatic carbocycles. The summed E-state index contributed by atoms with van der Waals surface area (Å²) in [4.78, 5) is 37.2. The molecule has 1 fully saturated rings. The summed E-state index contributed by atoms with van der Waals surface area (Å²) in [6, 6.07) is 6.71. The van der Waals surface area contributed by atoms with Crippen molar-refractivity contribution in [3.63, 3.8) is 0 Å². The zero-order valence-corrected chi connectivity index (χ0v) is 12.4. The maximum Gasteiger partial charge on any atom is 0.254 e. The molecule has 1 saturated heterocycles. The topological polar surface area (TPSA) is 78.5 Å². The summed E-state index contributed by atoms with van der Waals surface area (Å²) in [7, 11) is 0. The Hall–Kier alpha value is -2.37. The van der Waals surface area contributed by atoms with E-state index in [0.29, 0.717) is 24.3 Å². The number of carbonyl (C=O) groups is 3. The fourth-order valence-electron chi connectivity index (χ4n) is 2.34. The van der Waals surface area contributed by atoms with Crippen LogP contribution in [0.4, 0.5) is 5.69 Å². The fourth-order valence-corrected chi connectivity index (χ4v) is 2.34. The summed E-state index contributed by atoms with van der Waals surface area (Å²) in [6.45, 7) is 5.75. The van der Waals surface area contributed by atoms with Crippen LogP contribution in [-0.4, -0.2) is 41.2 Å². The lowest BCUT2D eigenvalue weighted by molar-refractivity contribution is -0.133. The minimum absolute atomic E-state index is 0.167. The van der Waals surface area contributed by atoms with E-state index in [-0.39, 0.29) is 17.7 Å². The molecule has 0 saturated carbocycles. The highest BCUT2D eigenvalue weighted by atomic mass is 16.2. The average Bonchev–Trinajstić information content (AvgIpc) is 2.40. The number of benzene rings is 1. The lowest BCUT2D eigenvalue weighted by Crippen LogP contribution is -2.63. The normalized spacial score (nSPS) is 17.1. The van der Waals surface area contributed by atoms with Crippen LogP contribution in [-0.2, 0) is 9.59 Å². The van der Waals surface area contributed by atoms with Gasteiger partial charge in [-0.2, -0.15) is 0 Å². The quantitative estimate of drug-likeness (QED) is 0.852. The molecular weight excluding hydrogens is 270 g/mol. The average molecular weight is 289 g/mol. The molecule has 0 unspecified atom stereocenters. The highest BCUT2D eigenvalue weighted by Crippen LogP contribution is 2.22. The second kappa shape index (κ2) is 5.55. The van der Waals surface area contributed by atoms with Crippen LogP contribution in [0.2, 0.25) is 0 Å². The molecule has 1 heterocycles. The van der Waals surface area contributed by atoms with Crippen LogP contribution >= 0.6 is 0 Å². The van der Waals surface area contributed by atoms with Crippen LogP contribution in [0.3, 0.4) is 0 Å². The van der Waals surface area contributed by atoms with Gasteiger partial charge < -0.3 is 15.5 Å². The maximum absolute atomic E-state index is 12.6. The van der Waals surface area contributed by atoms with E-state index >= 15 is 0 Å². The van der Waals surface area contributed by atoms with Gasteiger partial charge in [0.25, 0.3) is 5.91 Å². The van der Waals surface area contributed by atoms with Gasteiger partial charge in [0.2, 0.25) is 11.8 Å². The largest absolute Gasteiger partial charge is 0.352 e. The predicted octanol–water partition coefficient (Wildman–Crippen LogP) is 0.996. The lowest BCUT2D eigenvalue weighted by atomic mass is 9.97. The van der Waals surface area contributed by atoms with Gasteiger partial charge in [-0.15, -0.1) is 0 Å². The monoisotopic (exact) mass is 289 g/mol. The third-order valence-corrected chi connectivity index (χ3v) is 3.53. The number of amides is 3. The summed E-state index contributed by atoms with van der Waals surface area (Å²) < 4.78 is 0. The Kier molecular flexibility index (Phi) is 3.97. The Morgan fingerprint density at radius 1 is 1.33 bits per heavy atom. The van der Waals surface area contributed by atoms with Gasteiger partial charge in [0.15, 0.2) is 0 Å². The van der Waals surface area contributed by atoms with Crippen molar-refractivity contribution in [1.82, 2.24) is 10.2 Å². The first kappa shape index (κ1) is 15.0. The minimum atomic E-state index is -0.890. The summed E-state index contributed by atoms with van der Waals surface area (Å²) in [5, 5.41) is 5.40. The molecule has 3 amide bonds. The van der Waals surface area contributed by atoms with E-state index in [0.717, 1.165) is 0 Å². The number of rotatable bonds is 2. The first-order valence-electron chi connectivity index (χ1n) is 6.80. The highest BCUT2D eigenvalue weighted by Gasteiger charge is 2.40. The van der Waals surface area contributed by atoms with Gasteiger partial charge in [0.05, 0.1) is 0 Å². The number of nitrogens with one attached hydrogen (secondary N) is 2. The maximum atomic E-state index is 12.6. The molecule has 0 atom stereocenters. The highest BCUT2D eigenvalue weighted by molar-refractivity contribution is 6.00. The van der Waals surface area contributed by atoms with Crippen molar-refractivity contribution < 1.29 is 14.4 Å². The van der Waals surface area contributed by atoms with Gasteiger partial charge >= 0.3 is 0 Å². The molecule has 21 heavy (non-hydrogen) atoms. The van der Waals surface area contributed by atoms with Gasteiger partial charge in [0, 0.05) is 31.3 Å². The van der Waals surface area contributed by atoms with Gasteiger partial charge in [-0.25, -0.2) is 0 Å². The molecule has 1 aromatic rings. The third kappa shape index (κ3) is 3.04. The molecule has 112 valence electrons. The Bertz CT molecular complexity index is 596. The number of nitrogens with zero attached hydrogens (tertiary/aromatic N) is 1. The van der Waals surface area contributed by atoms with E-state index in [1.807, 2.05) is 0 Å². The molecule has 0 aromatic heterocycles. The molecule has 0 radical (unpaired) electrons. The number of anilines is 1. The van der Waals surface area contributed by atoms with Crippen LogP contribution in [0.1, 0.15) is 31.1 Å². The van der Waals surface area contributed by atoms with Crippen LogP contribution in [0.5, 0.6) is 0 Å². The summed E-state index contributed by atoms with van der Waals surface area (Å²) >= 11 is 0. The van der Waals surface area contributed by atoms with Crippen molar-refractivity contribution in [2.45, 2.75) is 26.3 Å². The zero-order chi connectivity index (χ0) is 15.6. The van der Waals surface area contributed by atoms with Crippen molar-refractivity contribution in [3.05, 3.63) is 29.8 Å². The molecule has 6 heteroatoms. The minimum Gasteiger partial charge on any atom is -0.352 e. The number of hydrogen-bond donors (Lipinski definition) is 2. The van der Waals surface area contributed by atoms with Crippen molar-refractivity contribution in [3.8, 4) is 0 Å².